The van der Waals surface area contributed by atoms with Crippen molar-refractivity contribution in [2.45, 2.75) is 52.1 Å². The van der Waals surface area contributed by atoms with Crippen molar-refractivity contribution < 1.29 is 14.3 Å². The molecule has 1 amide bonds. The number of anilines is 1. The lowest BCUT2D eigenvalue weighted by molar-refractivity contribution is -0.144. The number of carbonyl (C=O) groups excluding carboxylic acids is 1. The van der Waals surface area contributed by atoms with Crippen LogP contribution in [0.25, 0.3) is 0 Å². The molecule has 0 bridgehead atoms. The third-order valence-electron chi connectivity index (χ3n) is 7.83. The van der Waals surface area contributed by atoms with Crippen molar-refractivity contribution in [3.63, 3.8) is 0 Å². The van der Waals surface area contributed by atoms with Crippen molar-refractivity contribution in [3.05, 3.63) is 107 Å². The van der Waals surface area contributed by atoms with Crippen LogP contribution >= 0.6 is 0 Å². The maximum Gasteiger partial charge on any atom is 0.236 e. The molecule has 3 fully saturated rings. The smallest absolute Gasteiger partial charge is 0.236 e. The van der Waals surface area contributed by atoms with Crippen LogP contribution in [0, 0.1) is 11.2 Å². The van der Waals surface area contributed by atoms with Crippen molar-refractivity contribution in [2.24, 2.45) is 5.41 Å². The van der Waals surface area contributed by atoms with E-state index in [4.69, 9.17) is 0 Å². The van der Waals surface area contributed by atoms with Crippen LogP contribution in [0.15, 0.2) is 90.3 Å². The Kier molecular flexibility index (Phi) is 7.41. The molecule has 2 N–H and O–H groups in total. The summed E-state index contributed by atoms with van der Waals surface area (Å²) in [5.74, 6) is 1.12. The average molecular weight is 514 g/mol. The first-order chi connectivity index (χ1) is 18.5. The Morgan fingerprint density at radius 1 is 0.974 bits per heavy atom. The molecule has 5 nitrogen and oxygen atoms in total. The Hall–Kier alpha value is -3.80. The summed E-state index contributed by atoms with van der Waals surface area (Å²) in [6.07, 6.45) is 3.71. The second-order valence-electron chi connectivity index (χ2n) is 10.1. The summed E-state index contributed by atoms with van der Waals surface area (Å²) in [5, 5.41) is 13.5. The van der Waals surface area contributed by atoms with Gasteiger partial charge in [-0.25, -0.2) is 4.39 Å². The lowest BCUT2D eigenvalue weighted by atomic mass is 9.62. The second kappa shape index (κ2) is 10.9. The first-order valence-electron chi connectivity index (χ1n) is 13.7. The summed E-state index contributed by atoms with van der Waals surface area (Å²) >= 11 is 0. The van der Waals surface area contributed by atoms with Gasteiger partial charge in [-0.3, -0.25) is 4.79 Å². The average Bonchev–Trinajstić information content (AvgIpc) is 3.80. The van der Waals surface area contributed by atoms with Crippen molar-refractivity contribution in [2.75, 3.05) is 18.0 Å². The number of halogens is 1. The standard InChI is InChI=1S/C30H30FN3O2.C2H6/c31-24-7-4-8-25(19-24)34-27(22-11-13-26(35)14-12-22)30(29(34)36)15-17-33(18-16-30)28(23-9-10-23)32-20-21-5-2-1-3-6-21;1-2/h1-8,11-14,19,27,32,35H,9-10,15-18,20H2;1-2H3. The van der Waals surface area contributed by atoms with Crippen LogP contribution in [0.1, 0.15) is 56.7 Å². The largest absolute Gasteiger partial charge is 0.508 e. The van der Waals surface area contributed by atoms with E-state index < -0.39 is 5.41 Å². The van der Waals surface area contributed by atoms with Gasteiger partial charge in [0.05, 0.1) is 11.5 Å². The summed E-state index contributed by atoms with van der Waals surface area (Å²) in [5.41, 5.74) is 3.72. The van der Waals surface area contributed by atoms with Gasteiger partial charge < -0.3 is 20.2 Å². The van der Waals surface area contributed by atoms with Gasteiger partial charge in [0.1, 0.15) is 17.4 Å². The number of phenols is 1. The highest BCUT2D eigenvalue weighted by molar-refractivity contribution is 6.06. The maximum atomic E-state index is 14.1. The van der Waals surface area contributed by atoms with Crippen molar-refractivity contribution in [3.8, 4) is 5.75 Å². The summed E-state index contributed by atoms with van der Waals surface area (Å²) in [4.78, 5) is 17.9. The number of aromatic hydroxyl groups is 1. The molecule has 1 atom stereocenters. The molecule has 3 aromatic carbocycles. The van der Waals surface area contributed by atoms with E-state index in [0.29, 0.717) is 5.69 Å². The molecule has 1 unspecified atom stereocenters. The van der Waals surface area contributed by atoms with Crippen LogP contribution in [0.5, 0.6) is 5.75 Å². The third-order valence-corrected chi connectivity index (χ3v) is 7.83. The number of allylic oxidation sites excluding steroid dienone is 1. The molecule has 3 aromatic rings. The number of β-lactam (4-membered cyclic amide) rings is 1. The van der Waals surface area contributed by atoms with E-state index in [1.165, 1.54) is 29.1 Å². The maximum absolute atomic E-state index is 14.1. The van der Waals surface area contributed by atoms with Crippen molar-refractivity contribution in [1.82, 2.24) is 10.2 Å². The molecule has 1 saturated carbocycles. The van der Waals surface area contributed by atoms with E-state index in [1.54, 1.807) is 29.2 Å². The minimum atomic E-state index is -0.529. The van der Waals surface area contributed by atoms with Gasteiger partial charge in [0.15, 0.2) is 0 Å². The summed E-state index contributed by atoms with van der Waals surface area (Å²) < 4.78 is 14.1. The highest BCUT2D eigenvalue weighted by Gasteiger charge is 2.62. The van der Waals surface area contributed by atoms with Crippen molar-refractivity contribution >= 4 is 11.6 Å². The molecule has 2 aliphatic heterocycles. The third kappa shape index (κ3) is 4.87. The molecule has 2 saturated heterocycles. The first-order valence-corrected chi connectivity index (χ1v) is 13.7. The van der Waals surface area contributed by atoms with Crippen LogP contribution in [0.4, 0.5) is 10.1 Å². The number of hydrogen-bond acceptors (Lipinski definition) is 4. The zero-order chi connectivity index (χ0) is 26.7. The van der Waals surface area contributed by atoms with Gasteiger partial charge in [-0.15, -0.1) is 0 Å². The zero-order valence-corrected chi connectivity index (χ0v) is 22.2. The molecule has 2 heterocycles. The molecule has 198 valence electrons. The molecule has 0 aromatic heterocycles. The van der Waals surface area contributed by atoms with Gasteiger partial charge in [-0.1, -0.05) is 62.4 Å². The molecule has 0 radical (unpaired) electrons. The highest BCUT2D eigenvalue weighted by atomic mass is 19.1. The van der Waals surface area contributed by atoms with Crippen LogP contribution in [-0.4, -0.2) is 29.0 Å². The fourth-order valence-corrected chi connectivity index (χ4v) is 5.83. The Bertz CT molecular complexity index is 1290. The van der Waals surface area contributed by atoms with Gasteiger partial charge >= 0.3 is 0 Å². The van der Waals surface area contributed by atoms with Crippen LogP contribution in [0.2, 0.25) is 0 Å². The first kappa shape index (κ1) is 25.8. The van der Waals surface area contributed by atoms with E-state index in [0.717, 1.165) is 50.9 Å². The van der Waals surface area contributed by atoms with E-state index in [2.05, 4.69) is 34.5 Å². The predicted octanol–water partition coefficient (Wildman–Crippen LogP) is 6.52. The molecule has 1 aliphatic carbocycles. The quantitative estimate of drug-likeness (QED) is 0.368. The number of nitrogens with zero attached hydrogens (tertiary/aromatic N) is 2. The van der Waals surface area contributed by atoms with E-state index in [1.807, 2.05) is 32.0 Å². The summed E-state index contributed by atoms with van der Waals surface area (Å²) in [7, 11) is 0. The number of piperidine rings is 1. The lowest BCUT2D eigenvalue weighted by Crippen LogP contribution is -2.66. The summed E-state index contributed by atoms with van der Waals surface area (Å²) in [6.45, 7) is 6.36. The number of rotatable bonds is 6. The Labute approximate surface area is 224 Å². The van der Waals surface area contributed by atoms with E-state index in [9.17, 15) is 14.3 Å². The van der Waals surface area contributed by atoms with Crippen molar-refractivity contribution in [1.29, 1.82) is 0 Å². The minimum Gasteiger partial charge on any atom is -0.508 e. The van der Waals surface area contributed by atoms with Crippen LogP contribution in [-0.2, 0) is 11.3 Å². The monoisotopic (exact) mass is 513 g/mol. The number of carbonyl (C=O) groups is 1. The number of likely N-dealkylation sites (tertiary alicyclic amines) is 1. The Morgan fingerprint density at radius 2 is 1.66 bits per heavy atom. The topological polar surface area (TPSA) is 55.8 Å². The number of phenolic OH excluding ortho intramolecular Hbond substituents is 1. The number of amides is 1. The Morgan fingerprint density at radius 3 is 2.29 bits per heavy atom. The van der Waals surface area contributed by atoms with Gasteiger partial charge in [0.2, 0.25) is 5.91 Å². The number of benzene rings is 3. The molecular weight excluding hydrogens is 477 g/mol. The fourth-order valence-electron chi connectivity index (χ4n) is 5.83. The molecule has 6 rings (SSSR count). The molecule has 38 heavy (non-hydrogen) atoms. The van der Waals surface area contributed by atoms with Gasteiger partial charge in [-0.2, -0.15) is 0 Å². The normalized spacial score (nSPS) is 19.4. The SMILES string of the molecule is CC.O=C1N(c2cccc(F)c2)C(c2ccc(O)cc2)C12CCN(C(NCc1ccccc1)=C1CC1)CC2. The predicted molar refractivity (Wildman–Crippen MR) is 149 cm³/mol. The lowest BCUT2D eigenvalue weighted by Gasteiger charge is -2.59. The molecule has 6 heteroatoms. The molecular formula is C32H36FN3O2. The molecule has 3 aliphatic rings. The van der Waals surface area contributed by atoms with Crippen LogP contribution < -0.4 is 10.2 Å². The molecule has 1 spiro atoms. The van der Waals surface area contributed by atoms with Crippen LogP contribution in [0.3, 0.4) is 0 Å². The minimum absolute atomic E-state index is 0.0590. The Balaban J connectivity index is 0.00000144. The second-order valence-corrected chi connectivity index (χ2v) is 10.1. The fraction of sp³-hybridized carbons (Fsp3) is 0.344. The summed E-state index contributed by atoms with van der Waals surface area (Å²) in [6, 6.07) is 23.6. The number of hydrogen-bond donors (Lipinski definition) is 2. The van der Waals surface area contributed by atoms with E-state index in [-0.39, 0.29) is 23.5 Å². The van der Waals surface area contributed by atoms with Gasteiger partial charge in [0, 0.05) is 25.3 Å². The zero-order valence-electron chi connectivity index (χ0n) is 22.2. The number of nitrogens with one attached hydrogen (secondary N) is 1. The van der Waals surface area contributed by atoms with E-state index >= 15 is 0 Å². The highest BCUT2D eigenvalue weighted by Crippen LogP contribution is 2.58. The van der Waals surface area contributed by atoms with Gasteiger partial charge in [0.25, 0.3) is 0 Å². The van der Waals surface area contributed by atoms with Gasteiger partial charge in [-0.05, 0) is 72.7 Å².